The van der Waals surface area contributed by atoms with Gasteiger partial charge in [-0.2, -0.15) is 0 Å². The summed E-state index contributed by atoms with van der Waals surface area (Å²) in [5.41, 5.74) is 0.919. The molecule has 0 fully saturated rings. The molecule has 3 aromatic carbocycles. The van der Waals surface area contributed by atoms with Gasteiger partial charge >= 0.3 is 0 Å². The fourth-order valence-corrected chi connectivity index (χ4v) is 5.64. The Bertz CT molecular complexity index is 1410. The average molecular weight is 607 g/mol. The molecule has 1 atom stereocenters. The molecule has 0 saturated heterocycles. The Morgan fingerprint density at radius 3 is 2.05 bits per heavy atom. The molecule has 0 saturated carbocycles. The topological polar surface area (TPSA) is 96.0 Å². The van der Waals surface area contributed by atoms with Gasteiger partial charge in [-0.3, -0.25) is 13.9 Å². The standard InChI is InChI=1S/C29H33Cl2N3O5S/c1-5-39-27-9-7-6-8-26(27)34(40(37,38)25-16-14-24(31)15-17-25)19-28(35)33(21(4)29(36)32-20(2)3)18-22-10-12-23(30)13-11-22/h6-17,20-21H,5,18-19H2,1-4H3,(H,32,36). The second-order valence-corrected chi connectivity index (χ2v) is 12.1. The Kier molecular flexibility index (Phi) is 10.8. The molecule has 8 nitrogen and oxygen atoms in total. The Labute approximate surface area is 245 Å². The van der Waals surface area contributed by atoms with Gasteiger partial charge in [0, 0.05) is 22.6 Å². The van der Waals surface area contributed by atoms with Crippen LogP contribution in [0.15, 0.2) is 77.7 Å². The molecule has 0 aromatic heterocycles. The molecule has 2 amide bonds. The minimum atomic E-state index is -4.25. The molecule has 0 aliphatic heterocycles. The first kappa shape index (κ1) is 31.3. The predicted octanol–water partition coefficient (Wildman–Crippen LogP) is 5.53. The predicted molar refractivity (Wildman–Crippen MR) is 158 cm³/mol. The number of benzene rings is 3. The third-order valence-electron chi connectivity index (χ3n) is 5.98. The van der Waals surface area contributed by atoms with E-state index in [-0.39, 0.29) is 35.7 Å². The van der Waals surface area contributed by atoms with Gasteiger partial charge in [-0.1, -0.05) is 47.5 Å². The van der Waals surface area contributed by atoms with Gasteiger partial charge in [0.1, 0.15) is 18.3 Å². The molecule has 0 aliphatic rings. The van der Waals surface area contributed by atoms with Crippen molar-refractivity contribution in [2.75, 3.05) is 17.5 Å². The second kappa shape index (κ2) is 13.9. The molecule has 0 heterocycles. The number of hydrogen-bond donors (Lipinski definition) is 1. The molecular formula is C29H33Cl2N3O5S. The second-order valence-electron chi connectivity index (χ2n) is 9.35. The van der Waals surface area contributed by atoms with E-state index in [1.165, 1.54) is 29.2 Å². The summed E-state index contributed by atoms with van der Waals surface area (Å²) in [6.07, 6.45) is 0. The number of sulfonamides is 1. The molecule has 0 radical (unpaired) electrons. The zero-order valence-corrected chi connectivity index (χ0v) is 25.1. The summed E-state index contributed by atoms with van der Waals surface area (Å²) in [7, 11) is -4.25. The number of nitrogens with one attached hydrogen (secondary N) is 1. The molecule has 11 heteroatoms. The van der Waals surface area contributed by atoms with E-state index in [1.54, 1.807) is 62.4 Å². The molecule has 0 bridgehead atoms. The number of para-hydroxylation sites is 2. The molecule has 214 valence electrons. The quantitative estimate of drug-likeness (QED) is 0.293. The number of halogens is 2. The van der Waals surface area contributed by atoms with Crippen LogP contribution in [0, 0.1) is 0 Å². The molecule has 3 rings (SSSR count). The van der Waals surface area contributed by atoms with Crippen LogP contribution in [0.4, 0.5) is 5.69 Å². The van der Waals surface area contributed by atoms with Crippen LogP contribution >= 0.6 is 23.2 Å². The highest BCUT2D eigenvalue weighted by Crippen LogP contribution is 2.33. The van der Waals surface area contributed by atoms with Gasteiger partial charge in [0.15, 0.2) is 0 Å². The van der Waals surface area contributed by atoms with E-state index >= 15 is 0 Å². The lowest BCUT2D eigenvalue weighted by atomic mass is 10.1. The average Bonchev–Trinajstić information content (AvgIpc) is 2.91. The Morgan fingerprint density at radius 2 is 1.48 bits per heavy atom. The first-order chi connectivity index (χ1) is 18.9. The molecule has 3 aromatic rings. The van der Waals surface area contributed by atoms with E-state index in [0.29, 0.717) is 15.8 Å². The molecule has 40 heavy (non-hydrogen) atoms. The van der Waals surface area contributed by atoms with E-state index in [0.717, 1.165) is 9.87 Å². The highest BCUT2D eigenvalue weighted by atomic mass is 35.5. The van der Waals surface area contributed by atoms with E-state index in [4.69, 9.17) is 27.9 Å². The van der Waals surface area contributed by atoms with Crippen LogP contribution in [0.5, 0.6) is 5.75 Å². The number of anilines is 1. The molecule has 1 N–H and O–H groups in total. The van der Waals surface area contributed by atoms with Crippen LogP contribution in [-0.2, 0) is 26.2 Å². The van der Waals surface area contributed by atoms with Crippen molar-refractivity contribution >= 4 is 50.7 Å². The van der Waals surface area contributed by atoms with E-state index in [1.807, 2.05) is 13.8 Å². The van der Waals surface area contributed by atoms with Crippen molar-refractivity contribution in [2.45, 2.75) is 51.2 Å². The monoisotopic (exact) mass is 605 g/mol. The van der Waals surface area contributed by atoms with E-state index in [9.17, 15) is 18.0 Å². The van der Waals surface area contributed by atoms with Gasteiger partial charge in [-0.05, 0) is 81.8 Å². The third kappa shape index (κ3) is 7.90. The van der Waals surface area contributed by atoms with Crippen LogP contribution in [-0.4, -0.2) is 50.4 Å². The van der Waals surface area contributed by atoms with Crippen LogP contribution in [0.2, 0.25) is 10.0 Å². The lowest BCUT2D eigenvalue weighted by Crippen LogP contribution is -2.52. The highest BCUT2D eigenvalue weighted by Gasteiger charge is 2.34. The Morgan fingerprint density at radius 1 is 0.900 bits per heavy atom. The van der Waals surface area contributed by atoms with Crippen molar-refractivity contribution < 1.29 is 22.7 Å². The van der Waals surface area contributed by atoms with Gasteiger partial charge in [0.25, 0.3) is 10.0 Å². The van der Waals surface area contributed by atoms with Gasteiger partial charge in [-0.25, -0.2) is 8.42 Å². The Hall–Kier alpha value is -3.27. The molecule has 1 unspecified atom stereocenters. The number of carbonyl (C=O) groups is 2. The largest absolute Gasteiger partial charge is 0.492 e. The van der Waals surface area contributed by atoms with Crippen molar-refractivity contribution in [1.29, 1.82) is 0 Å². The summed E-state index contributed by atoms with van der Waals surface area (Å²) >= 11 is 12.0. The summed E-state index contributed by atoms with van der Waals surface area (Å²) in [6.45, 7) is 6.80. The highest BCUT2D eigenvalue weighted by molar-refractivity contribution is 7.92. The van der Waals surface area contributed by atoms with Gasteiger partial charge in [0.2, 0.25) is 11.8 Å². The summed E-state index contributed by atoms with van der Waals surface area (Å²) < 4.78 is 34.7. The number of nitrogens with zero attached hydrogens (tertiary/aromatic N) is 2. The summed E-state index contributed by atoms with van der Waals surface area (Å²) in [5, 5.41) is 3.73. The van der Waals surface area contributed by atoms with Gasteiger partial charge in [-0.15, -0.1) is 0 Å². The normalized spacial score (nSPS) is 12.1. The van der Waals surface area contributed by atoms with Crippen LogP contribution in [0.1, 0.15) is 33.3 Å². The fraction of sp³-hybridized carbons (Fsp3) is 0.310. The number of rotatable bonds is 12. The summed E-state index contributed by atoms with van der Waals surface area (Å²) in [5.74, 6) is -0.644. The lowest BCUT2D eigenvalue weighted by molar-refractivity contribution is -0.139. The smallest absolute Gasteiger partial charge is 0.264 e. The first-order valence-corrected chi connectivity index (χ1v) is 15.0. The van der Waals surface area contributed by atoms with Crippen molar-refractivity contribution in [3.8, 4) is 5.75 Å². The number of amides is 2. The zero-order chi connectivity index (χ0) is 29.4. The molecule has 0 aliphatic carbocycles. The van der Waals surface area contributed by atoms with Gasteiger partial charge < -0.3 is 15.0 Å². The zero-order valence-electron chi connectivity index (χ0n) is 22.8. The van der Waals surface area contributed by atoms with Crippen molar-refractivity contribution in [2.24, 2.45) is 0 Å². The van der Waals surface area contributed by atoms with Crippen molar-refractivity contribution in [3.05, 3.63) is 88.4 Å². The van der Waals surface area contributed by atoms with Gasteiger partial charge in [0.05, 0.1) is 17.2 Å². The lowest BCUT2D eigenvalue weighted by Gasteiger charge is -2.32. The third-order valence-corrected chi connectivity index (χ3v) is 8.26. The Balaban J connectivity index is 2.08. The summed E-state index contributed by atoms with van der Waals surface area (Å²) in [6, 6.07) is 18.1. The minimum absolute atomic E-state index is 0.0501. The SMILES string of the molecule is CCOc1ccccc1N(CC(=O)N(Cc1ccc(Cl)cc1)C(C)C(=O)NC(C)C)S(=O)(=O)c1ccc(Cl)cc1. The minimum Gasteiger partial charge on any atom is -0.492 e. The van der Waals surface area contributed by atoms with Crippen molar-refractivity contribution in [3.63, 3.8) is 0 Å². The number of carbonyl (C=O) groups excluding carboxylic acids is 2. The van der Waals surface area contributed by atoms with Crippen LogP contribution in [0.3, 0.4) is 0 Å². The van der Waals surface area contributed by atoms with Crippen LogP contribution in [0.25, 0.3) is 0 Å². The first-order valence-electron chi connectivity index (χ1n) is 12.8. The van der Waals surface area contributed by atoms with E-state index in [2.05, 4.69) is 5.32 Å². The maximum Gasteiger partial charge on any atom is 0.264 e. The van der Waals surface area contributed by atoms with E-state index < -0.39 is 28.5 Å². The molecule has 0 spiro atoms. The van der Waals surface area contributed by atoms with Crippen molar-refractivity contribution in [1.82, 2.24) is 10.2 Å². The summed E-state index contributed by atoms with van der Waals surface area (Å²) in [4.78, 5) is 28.3. The fourth-order valence-electron chi connectivity index (χ4n) is 3.96. The maximum atomic E-state index is 14.0. The van der Waals surface area contributed by atoms with Crippen LogP contribution < -0.4 is 14.4 Å². The molecular weight excluding hydrogens is 573 g/mol. The number of ether oxygens (including phenoxy) is 1. The maximum absolute atomic E-state index is 14.0. The number of hydrogen-bond acceptors (Lipinski definition) is 5.